The molecule has 1 unspecified atom stereocenters. The first kappa shape index (κ1) is 17.1. The van der Waals surface area contributed by atoms with Crippen LogP contribution < -0.4 is 14.8 Å². The summed E-state index contributed by atoms with van der Waals surface area (Å²) in [5, 5.41) is 2.93. The predicted molar refractivity (Wildman–Crippen MR) is 91.1 cm³/mol. The zero-order valence-corrected chi connectivity index (χ0v) is 14.0. The summed E-state index contributed by atoms with van der Waals surface area (Å²) in [5.41, 5.74) is 0.220. The number of esters is 1. The maximum absolute atomic E-state index is 11.9. The molecule has 1 amide bonds. The van der Waals surface area contributed by atoms with E-state index in [1.165, 1.54) is 6.07 Å². The third-order valence-electron chi connectivity index (χ3n) is 3.52. The minimum Gasteiger partial charge on any atom is -0.486 e. The average molecular weight is 362 g/mol. The molecule has 0 radical (unpaired) electrons. The van der Waals surface area contributed by atoms with E-state index in [1.54, 1.807) is 24.3 Å². The Labute approximate surface area is 149 Å². The lowest BCUT2D eigenvalue weighted by molar-refractivity contribution is -0.124. The summed E-state index contributed by atoms with van der Waals surface area (Å²) >= 11 is 5.91. The number of para-hydroxylation sites is 2. The summed E-state index contributed by atoms with van der Waals surface area (Å²) in [6.45, 7) is 0.182. The van der Waals surface area contributed by atoms with Gasteiger partial charge in [-0.05, 0) is 24.3 Å². The highest BCUT2D eigenvalue weighted by molar-refractivity contribution is 6.33. The van der Waals surface area contributed by atoms with Gasteiger partial charge in [-0.25, -0.2) is 4.79 Å². The molecule has 7 heteroatoms. The predicted octanol–water partition coefficient (Wildman–Crippen LogP) is 2.45. The lowest BCUT2D eigenvalue weighted by atomic mass is 10.2. The van der Waals surface area contributed by atoms with Crippen molar-refractivity contribution >= 4 is 23.5 Å². The van der Waals surface area contributed by atoms with E-state index in [0.717, 1.165) is 0 Å². The van der Waals surface area contributed by atoms with Crippen molar-refractivity contribution in [2.45, 2.75) is 6.10 Å². The van der Waals surface area contributed by atoms with E-state index in [4.69, 9.17) is 25.8 Å². The number of fused-ring (bicyclic) bond motifs is 1. The highest BCUT2D eigenvalue weighted by Gasteiger charge is 2.21. The molecule has 1 N–H and O–H groups in total. The van der Waals surface area contributed by atoms with Crippen LogP contribution in [0.3, 0.4) is 0 Å². The monoisotopic (exact) mass is 361 g/mol. The van der Waals surface area contributed by atoms with Crippen molar-refractivity contribution in [3.8, 4) is 11.5 Å². The van der Waals surface area contributed by atoms with Crippen LogP contribution in [0.2, 0.25) is 5.02 Å². The zero-order valence-electron chi connectivity index (χ0n) is 13.2. The fourth-order valence-corrected chi connectivity index (χ4v) is 2.49. The van der Waals surface area contributed by atoms with E-state index in [0.29, 0.717) is 18.1 Å². The fraction of sp³-hybridized carbons (Fsp3) is 0.222. The number of hydrogen-bond donors (Lipinski definition) is 1. The first-order valence-electron chi connectivity index (χ1n) is 7.70. The lowest BCUT2D eigenvalue weighted by Gasteiger charge is -2.26. The van der Waals surface area contributed by atoms with Gasteiger partial charge in [-0.3, -0.25) is 4.79 Å². The van der Waals surface area contributed by atoms with E-state index in [-0.39, 0.29) is 23.2 Å². The molecule has 0 spiro atoms. The van der Waals surface area contributed by atoms with Crippen molar-refractivity contribution in [2.75, 3.05) is 19.8 Å². The SMILES string of the molecule is O=C(COC(=O)c1ccccc1Cl)NCC1COc2ccccc2O1. The van der Waals surface area contributed by atoms with Crippen molar-refractivity contribution in [3.05, 3.63) is 59.1 Å². The van der Waals surface area contributed by atoms with Crippen molar-refractivity contribution in [1.29, 1.82) is 0 Å². The van der Waals surface area contributed by atoms with E-state index < -0.39 is 18.5 Å². The van der Waals surface area contributed by atoms with Gasteiger partial charge in [-0.1, -0.05) is 35.9 Å². The lowest BCUT2D eigenvalue weighted by Crippen LogP contribution is -2.42. The summed E-state index contributed by atoms with van der Waals surface area (Å²) < 4.78 is 16.2. The quantitative estimate of drug-likeness (QED) is 0.828. The van der Waals surface area contributed by atoms with Crippen molar-refractivity contribution in [2.24, 2.45) is 0 Å². The summed E-state index contributed by atoms with van der Waals surface area (Å²) in [7, 11) is 0. The molecule has 2 aromatic carbocycles. The first-order valence-corrected chi connectivity index (χ1v) is 8.08. The first-order chi connectivity index (χ1) is 12.1. The second-order valence-electron chi connectivity index (χ2n) is 5.36. The molecule has 0 saturated heterocycles. The number of rotatable bonds is 5. The summed E-state index contributed by atoms with van der Waals surface area (Å²) in [6.07, 6.45) is -0.307. The van der Waals surface area contributed by atoms with Crippen LogP contribution in [0, 0.1) is 0 Å². The van der Waals surface area contributed by atoms with Gasteiger partial charge < -0.3 is 19.5 Å². The third-order valence-corrected chi connectivity index (χ3v) is 3.85. The standard InChI is InChI=1S/C18H16ClNO5/c19-14-6-2-1-5-13(14)18(22)24-11-17(21)20-9-12-10-23-15-7-3-4-8-16(15)25-12/h1-8,12H,9-11H2,(H,20,21). The number of carbonyl (C=O) groups excluding carboxylic acids is 2. The Hall–Kier alpha value is -2.73. The second kappa shape index (κ2) is 7.90. The Kier molecular flexibility index (Phi) is 5.40. The smallest absolute Gasteiger partial charge is 0.340 e. The van der Waals surface area contributed by atoms with Gasteiger partial charge in [0.1, 0.15) is 12.7 Å². The molecule has 6 nitrogen and oxygen atoms in total. The zero-order chi connectivity index (χ0) is 17.6. The molecule has 2 aromatic rings. The highest BCUT2D eigenvalue weighted by Crippen LogP contribution is 2.30. The number of nitrogens with one attached hydrogen (secondary N) is 1. The Morgan fingerprint density at radius 1 is 1.12 bits per heavy atom. The van der Waals surface area contributed by atoms with Crippen LogP contribution in [0.4, 0.5) is 0 Å². The van der Waals surface area contributed by atoms with Crippen LogP contribution in [0.25, 0.3) is 0 Å². The van der Waals surface area contributed by atoms with Gasteiger partial charge in [-0.2, -0.15) is 0 Å². The topological polar surface area (TPSA) is 73.9 Å². The van der Waals surface area contributed by atoms with Gasteiger partial charge in [0.2, 0.25) is 0 Å². The number of ether oxygens (including phenoxy) is 3. The molecule has 0 aromatic heterocycles. The van der Waals surface area contributed by atoms with E-state index in [2.05, 4.69) is 5.32 Å². The van der Waals surface area contributed by atoms with Crippen LogP contribution in [0.1, 0.15) is 10.4 Å². The van der Waals surface area contributed by atoms with E-state index >= 15 is 0 Å². The summed E-state index contributed by atoms with van der Waals surface area (Å²) in [6, 6.07) is 13.8. The number of halogens is 1. The minimum atomic E-state index is -0.646. The molecule has 0 bridgehead atoms. The van der Waals surface area contributed by atoms with Gasteiger partial charge in [0.15, 0.2) is 18.1 Å². The average Bonchev–Trinajstić information content (AvgIpc) is 2.64. The molecule has 1 heterocycles. The number of amides is 1. The molecule has 3 rings (SSSR count). The summed E-state index contributed by atoms with van der Waals surface area (Å²) in [5.74, 6) is 0.242. The van der Waals surface area contributed by atoms with Crippen LogP contribution in [-0.4, -0.2) is 37.7 Å². The van der Waals surface area contributed by atoms with Crippen LogP contribution >= 0.6 is 11.6 Å². The van der Waals surface area contributed by atoms with Crippen LogP contribution in [0.15, 0.2) is 48.5 Å². The number of hydrogen-bond acceptors (Lipinski definition) is 5. The van der Waals surface area contributed by atoms with Gasteiger partial charge in [0, 0.05) is 0 Å². The van der Waals surface area contributed by atoms with E-state index in [9.17, 15) is 9.59 Å². The molecule has 130 valence electrons. The maximum Gasteiger partial charge on any atom is 0.340 e. The van der Waals surface area contributed by atoms with Gasteiger partial charge in [-0.15, -0.1) is 0 Å². The van der Waals surface area contributed by atoms with Crippen molar-refractivity contribution in [3.63, 3.8) is 0 Å². The Balaban J connectivity index is 1.43. The molecular weight excluding hydrogens is 346 g/mol. The Morgan fingerprint density at radius 2 is 1.84 bits per heavy atom. The van der Waals surface area contributed by atoms with Crippen molar-refractivity contribution in [1.82, 2.24) is 5.32 Å². The molecule has 1 atom stereocenters. The summed E-state index contributed by atoms with van der Waals surface area (Å²) in [4.78, 5) is 23.7. The number of benzene rings is 2. The fourth-order valence-electron chi connectivity index (χ4n) is 2.28. The minimum absolute atomic E-state index is 0.220. The molecular formula is C18H16ClNO5. The molecule has 1 aliphatic heterocycles. The van der Waals surface area contributed by atoms with Crippen LogP contribution in [-0.2, 0) is 9.53 Å². The molecule has 0 aliphatic carbocycles. The molecule has 1 aliphatic rings. The normalized spacial score (nSPS) is 15.3. The Morgan fingerprint density at radius 3 is 2.64 bits per heavy atom. The maximum atomic E-state index is 11.9. The van der Waals surface area contributed by atoms with E-state index in [1.807, 2.05) is 18.2 Å². The van der Waals surface area contributed by atoms with Gasteiger partial charge in [0.25, 0.3) is 5.91 Å². The molecule has 25 heavy (non-hydrogen) atoms. The molecule has 0 fully saturated rings. The van der Waals surface area contributed by atoms with Crippen LogP contribution in [0.5, 0.6) is 11.5 Å². The van der Waals surface area contributed by atoms with Crippen molar-refractivity contribution < 1.29 is 23.8 Å². The number of carbonyl (C=O) groups is 2. The second-order valence-corrected chi connectivity index (χ2v) is 5.76. The Bertz CT molecular complexity index is 780. The van der Waals surface area contributed by atoms with Gasteiger partial charge in [0.05, 0.1) is 17.1 Å². The highest BCUT2D eigenvalue weighted by atomic mass is 35.5. The van der Waals surface area contributed by atoms with Gasteiger partial charge >= 0.3 is 5.97 Å². The largest absolute Gasteiger partial charge is 0.486 e. The molecule has 0 saturated carbocycles. The third kappa shape index (κ3) is 4.42.